The zero-order chi connectivity index (χ0) is 12.7. The van der Waals surface area contributed by atoms with Gasteiger partial charge in [0.2, 0.25) is 0 Å². The van der Waals surface area contributed by atoms with Crippen molar-refractivity contribution in [3.63, 3.8) is 0 Å². The summed E-state index contributed by atoms with van der Waals surface area (Å²) in [7, 11) is 0. The van der Waals surface area contributed by atoms with Crippen LogP contribution in [0.5, 0.6) is 0 Å². The highest BCUT2D eigenvalue weighted by Crippen LogP contribution is 2.66. The quantitative estimate of drug-likeness (QED) is 0.726. The molecule has 0 radical (unpaired) electrons. The Morgan fingerprint density at radius 1 is 1.35 bits per heavy atom. The standard InChI is InChI=1S/C15H28OS/c1-5-11(10-17)9-16-13-8-12-6-7-15(13,4)14(12,2)3/h11-13,17H,5-10H2,1-4H3. The van der Waals surface area contributed by atoms with Crippen molar-refractivity contribution < 1.29 is 4.74 Å². The summed E-state index contributed by atoms with van der Waals surface area (Å²) >= 11 is 4.40. The van der Waals surface area contributed by atoms with E-state index in [2.05, 4.69) is 40.3 Å². The van der Waals surface area contributed by atoms with Crippen LogP contribution in [0.1, 0.15) is 53.4 Å². The molecule has 1 nitrogen and oxygen atoms in total. The smallest absolute Gasteiger partial charge is 0.0636 e. The van der Waals surface area contributed by atoms with Gasteiger partial charge in [0.1, 0.15) is 0 Å². The maximum atomic E-state index is 6.27. The van der Waals surface area contributed by atoms with E-state index in [1.807, 2.05) is 0 Å². The zero-order valence-electron chi connectivity index (χ0n) is 11.8. The van der Waals surface area contributed by atoms with Crippen LogP contribution in [0.25, 0.3) is 0 Å². The Bertz CT molecular complexity index is 272. The normalized spacial score (nSPS) is 40.8. The Hall–Kier alpha value is 0.310. The fourth-order valence-electron chi connectivity index (χ4n) is 3.93. The second kappa shape index (κ2) is 4.77. The first kappa shape index (κ1) is 13.7. The minimum absolute atomic E-state index is 0.409. The van der Waals surface area contributed by atoms with Crippen LogP contribution in [0, 0.1) is 22.7 Å². The Kier molecular flexibility index (Phi) is 3.85. The molecular formula is C15H28OS. The van der Waals surface area contributed by atoms with Gasteiger partial charge in [-0.05, 0) is 47.7 Å². The lowest BCUT2D eigenvalue weighted by Gasteiger charge is -2.39. The van der Waals surface area contributed by atoms with Gasteiger partial charge in [0.05, 0.1) is 12.7 Å². The molecule has 2 saturated carbocycles. The zero-order valence-corrected chi connectivity index (χ0v) is 12.7. The summed E-state index contributed by atoms with van der Waals surface area (Å²) in [5.41, 5.74) is 0.882. The largest absolute Gasteiger partial charge is 0.377 e. The van der Waals surface area contributed by atoms with Crippen molar-refractivity contribution in [3.8, 4) is 0 Å². The molecule has 2 heteroatoms. The van der Waals surface area contributed by atoms with E-state index in [4.69, 9.17) is 4.74 Å². The maximum Gasteiger partial charge on any atom is 0.0636 e. The summed E-state index contributed by atoms with van der Waals surface area (Å²) in [5.74, 6) is 2.46. The highest BCUT2D eigenvalue weighted by atomic mass is 32.1. The fourth-order valence-corrected chi connectivity index (χ4v) is 4.30. The summed E-state index contributed by atoms with van der Waals surface area (Å²) in [6.45, 7) is 10.5. The summed E-state index contributed by atoms with van der Waals surface area (Å²) in [4.78, 5) is 0. The SMILES string of the molecule is CCC(CS)COC1CC2CCC1(C)C2(C)C. The summed E-state index contributed by atoms with van der Waals surface area (Å²) in [6.07, 6.45) is 5.72. The van der Waals surface area contributed by atoms with Crippen LogP contribution in [-0.4, -0.2) is 18.5 Å². The van der Waals surface area contributed by atoms with Crippen molar-refractivity contribution in [3.05, 3.63) is 0 Å². The molecule has 2 rings (SSSR count). The van der Waals surface area contributed by atoms with Crippen molar-refractivity contribution >= 4 is 12.6 Å². The monoisotopic (exact) mass is 256 g/mol. The van der Waals surface area contributed by atoms with Crippen molar-refractivity contribution in [1.29, 1.82) is 0 Å². The molecular weight excluding hydrogens is 228 g/mol. The van der Waals surface area contributed by atoms with Crippen LogP contribution < -0.4 is 0 Å². The Morgan fingerprint density at radius 2 is 2.06 bits per heavy atom. The Labute approximate surface area is 112 Å². The fraction of sp³-hybridized carbons (Fsp3) is 1.00. The molecule has 0 aromatic rings. The summed E-state index contributed by atoms with van der Waals surface area (Å²) < 4.78 is 6.27. The van der Waals surface area contributed by atoms with Crippen LogP contribution in [0.2, 0.25) is 0 Å². The predicted octanol–water partition coefficient (Wildman–Crippen LogP) is 4.17. The topological polar surface area (TPSA) is 9.23 Å². The lowest BCUT2D eigenvalue weighted by molar-refractivity contribution is -0.0566. The van der Waals surface area contributed by atoms with Gasteiger partial charge in [-0.15, -0.1) is 0 Å². The Morgan fingerprint density at radius 3 is 2.47 bits per heavy atom. The Balaban J connectivity index is 1.96. The maximum absolute atomic E-state index is 6.27. The summed E-state index contributed by atoms with van der Waals surface area (Å²) in [6, 6.07) is 0. The molecule has 0 heterocycles. The predicted molar refractivity (Wildman–Crippen MR) is 76.6 cm³/mol. The van der Waals surface area contributed by atoms with Crippen LogP contribution in [0.15, 0.2) is 0 Å². The van der Waals surface area contributed by atoms with E-state index in [-0.39, 0.29) is 0 Å². The van der Waals surface area contributed by atoms with Crippen molar-refractivity contribution in [1.82, 2.24) is 0 Å². The molecule has 0 aliphatic heterocycles. The molecule has 0 amide bonds. The average Bonchev–Trinajstić information content (AvgIpc) is 2.63. The van der Waals surface area contributed by atoms with Gasteiger partial charge >= 0.3 is 0 Å². The molecule has 4 atom stereocenters. The van der Waals surface area contributed by atoms with Gasteiger partial charge in [-0.1, -0.05) is 34.1 Å². The van der Waals surface area contributed by atoms with Crippen molar-refractivity contribution in [2.45, 2.75) is 59.5 Å². The number of rotatable bonds is 5. The first-order chi connectivity index (χ1) is 7.95. The van der Waals surface area contributed by atoms with Gasteiger partial charge in [-0.2, -0.15) is 12.6 Å². The summed E-state index contributed by atoms with van der Waals surface area (Å²) in [5, 5.41) is 0. The molecule has 0 saturated heterocycles. The second-order valence-electron chi connectivity index (χ2n) is 6.89. The van der Waals surface area contributed by atoms with E-state index in [1.54, 1.807) is 0 Å². The molecule has 2 fully saturated rings. The lowest BCUT2D eigenvalue weighted by Crippen LogP contribution is -2.38. The molecule has 0 aromatic carbocycles. The molecule has 2 aliphatic carbocycles. The number of thiol groups is 1. The first-order valence-corrected chi connectivity index (χ1v) is 7.81. The highest BCUT2D eigenvalue weighted by molar-refractivity contribution is 7.80. The molecule has 2 aliphatic rings. The first-order valence-electron chi connectivity index (χ1n) is 7.18. The third-order valence-corrected chi connectivity index (χ3v) is 6.60. The van der Waals surface area contributed by atoms with Gasteiger partial charge in [-0.3, -0.25) is 0 Å². The molecule has 0 N–H and O–H groups in total. The average molecular weight is 256 g/mol. The third-order valence-electron chi connectivity index (χ3n) is 6.08. The van der Waals surface area contributed by atoms with Gasteiger partial charge in [0.25, 0.3) is 0 Å². The van der Waals surface area contributed by atoms with Gasteiger partial charge < -0.3 is 4.74 Å². The minimum Gasteiger partial charge on any atom is -0.377 e. The van der Waals surface area contributed by atoms with Crippen LogP contribution >= 0.6 is 12.6 Å². The van der Waals surface area contributed by atoms with Crippen LogP contribution in [0.3, 0.4) is 0 Å². The van der Waals surface area contributed by atoms with E-state index in [1.165, 1.54) is 25.7 Å². The lowest BCUT2D eigenvalue weighted by atomic mass is 9.70. The van der Waals surface area contributed by atoms with Crippen molar-refractivity contribution in [2.24, 2.45) is 22.7 Å². The minimum atomic E-state index is 0.409. The molecule has 0 spiro atoms. The number of ether oxygens (including phenoxy) is 1. The van der Waals surface area contributed by atoms with E-state index in [0.717, 1.165) is 18.3 Å². The van der Waals surface area contributed by atoms with Crippen LogP contribution in [0.4, 0.5) is 0 Å². The van der Waals surface area contributed by atoms with E-state index in [9.17, 15) is 0 Å². The molecule has 4 unspecified atom stereocenters. The van der Waals surface area contributed by atoms with Gasteiger partial charge in [0, 0.05) is 0 Å². The number of hydrogen-bond donors (Lipinski definition) is 1. The molecule has 17 heavy (non-hydrogen) atoms. The number of fused-ring (bicyclic) bond motifs is 2. The highest BCUT2D eigenvalue weighted by Gasteiger charge is 2.61. The third kappa shape index (κ3) is 2.06. The van der Waals surface area contributed by atoms with E-state index < -0.39 is 0 Å². The van der Waals surface area contributed by atoms with Crippen molar-refractivity contribution in [2.75, 3.05) is 12.4 Å². The molecule has 100 valence electrons. The number of hydrogen-bond acceptors (Lipinski definition) is 2. The van der Waals surface area contributed by atoms with E-state index in [0.29, 0.717) is 22.9 Å². The molecule has 2 bridgehead atoms. The van der Waals surface area contributed by atoms with E-state index >= 15 is 0 Å². The van der Waals surface area contributed by atoms with Gasteiger partial charge in [-0.25, -0.2) is 0 Å². The van der Waals surface area contributed by atoms with Gasteiger partial charge in [0.15, 0.2) is 0 Å². The van der Waals surface area contributed by atoms with Crippen LogP contribution in [-0.2, 0) is 4.74 Å². The second-order valence-corrected chi connectivity index (χ2v) is 7.25. The molecule has 0 aromatic heterocycles.